The molecule has 0 unspecified atom stereocenters. The predicted molar refractivity (Wildman–Crippen MR) is 112 cm³/mol. The fourth-order valence-electron chi connectivity index (χ4n) is 3.09. The molecule has 31 heavy (non-hydrogen) atoms. The zero-order valence-electron chi connectivity index (χ0n) is 16.2. The van der Waals surface area contributed by atoms with E-state index in [4.69, 9.17) is 4.74 Å². The summed E-state index contributed by atoms with van der Waals surface area (Å²) in [6, 6.07) is 10.9. The molecule has 7 nitrogen and oxygen atoms in total. The summed E-state index contributed by atoms with van der Waals surface area (Å²) in [5.41, 5.74) is -0.190. The number of ether oxygens (including phenoxy) is 1. The van der Waals surface area contributed by atoms with Gasteiger partial charge in [0, 0.05) is 29.0 Å². The average molecular weight is 422 g/mol. The Kier molecular flexibility index (Phi) is 5.31. The zero-order valence-corrected chi connectivity index (χ0v) is 16.2. The number of urea groups is 1. The molecule has 4 aromatic rings. The first-order chi connectivity index (χ1) is 15.0. The van der Waals surface area contributed by atoms with Crippen molar-refractivity contribution in [3.05, 3.63) is 83.7 Å². The highest BCUT2D eigenvalue weighted by molar-refractivity contribution is 6.16. The molecule has 0 saturated heterocycles. The molecule has 156 valence electrons. The van der Waals surface area contributed by atoms with Gasteiger partial charge in [-0.25, -0.2) is 18.6 Å². The number of hydrogen-bond acceptors (Lipinski definition) is 4. The van der Waals surface area contributed by atoms with E-state index in [2.05, 4.69) is 20.6 Å². The van der Waals surface area contributed by atoms with Crippen LogP contribution in [0.2, 0.25) is 0 Å². The third-order valence-electron chi connectivity index (χ3n) is 4.61. The quantitative estimate of drug-likeness (QED) is 0.405. The molecule has 2 aromatic heterocycles. The second-order valence-electron chi connectivity index (χ2n) is 6.52. The summed E-state index contributed by atoms with van der Waals surface area (Å²) in [5, 5.41) is 5.25. The number of nitrogens with one attached hydrogen (secondary N) is 3. The van der Waals surface area contributed by atoms with Gasteiger partial charge in [-0.1, -0.05) is 0 Å². The van der Waals surface area contributed by atoms with Gasteiger partial charge in [-0.3, -0.25) is 4.79 Å². The number of amides is 2. The first-order valence-electron chi connectivity index (χ1n) is 9.15. The van der Waals surface area contributed by atoms with Gasteiger partial charge >= 0.3 is 6.03 Å². The molecule has 2 aromatic carbocycles. The number of carbonyl (C=O) groups excluding carboxylic acids is 2. The van der Waals surface area contributed by atoms with E-state index in [1.165, 1.54) is 19.5 Å². The molecule has 0 radical (unpaired) electrons. The molecule has 2 amide bonds. The van der Waals surface area contributed by atoms with Gasteiger partial charge in [0.05, 0.1) is 18.4 Å². The summed E-state index contributed by atoms with van der Waals surface area (Å²) < 4.78 is 34.5. The number of methoxy groups -OCH3 is 1. The van der Waals surface area contributed by atoms with Crippen molar-refractivity contribution in [2.75, 3.05) is 17.7 Å². The van der Waals surface area contributed by atoms with E-state index in [1.807, 2.05) is 0 Å². The largest absolute Gasteiger partial charge is 0.497 e. The molecule has 0 spiro atoms. The maximum absolute atomic E-state index is 15.0. The summed E-state index contributed by atoms with van der Waals surface area (Å²) in [5.74, 6) is -2.48. The van der Waals surface area contributed by atoms with Gasteiger partial charge in [-0.2, -0.15) is 0 Å². The van der Waals surface area contributed by atoms with Gasteiger partial charge in [0.25, 0.3) is 0 Å². The Bertz CT molecular complexity index is 1290. The Hall–Kier alpha value is -4.27. The summed E-state index contributed by atoms with van der Waals surface area (Å²) in [7, 11) is 1.51. The Morgan fingerprint density at radius 1 is 1.03 bits per heavy atom. The maximum atomic E-state index is 15.0. The van der Waals surface area contributed by atoms with Crippen molar-refractivity contribution in [2.24, 2.45) is 0 Å². The minimum Gasteiger partial charge on any atom is -0.497 e. The molecule has 0 bridgehead atoms. The van der Waals surface area contributed by atoms with Gasteiger partial charge in [-0.15, -0.1) is 0 Å². The first kappa shape index (κ1) is 20.0. The highest BCUT2D eigenvalue weighted by Crippen LogP contribution is 2.27. The second kappa shape index (κ2) is 8.23. The molecule has 4 rings (SSSR count). The van der Waals surface area contributed by atoms with Crippen molar-refractivity contribution < 1.29 is 23.1 Å². The topological polar surface area (TPSA) is 96.1 Å². The molecule has 9 heteroatoms. The van der Waals surface area contributed by atoms with Gasteiger partial charge in [0.2, 0.25) is 5.78 Å². The summed E-state index contributed by atoms with van der Waals surface area (Å²) in [4.78, 5) is 32.0. The van der Waals surface area contributed by atoms with Crippen LogP contribution in [0.3, 0.4) is 0 Å². The van der Waals surface area contributed by atoms with E-state index in [1.54, 1.807) is 36.4 Å². The van der Waals surface area contributed by atoms with Gasteiger partial charge in [0.15, 0.2) is 5.82 Å². The third kappa shape index (κ3) is 3.93. The molecule has 0 fully saturated rings. The normalized spacial score (nSPS) is 10.7. The fourth-order valence-corrected chi connectivity index (χ4v) is 3.09. The SMILES string of the molecule is COc1ccc(NC(=O)Nc2ccc(F)c(C(=O)c3c[nH]c4ncccc34)c2F)cc1. The van der Waals surface area contributed by atoms with Gasteiger partial charge in [-0.05, 0) is 48.5 Å². The van der Waals surface area contributed by atoms with Crippen LogP contribution in [0.1, 0.15) is 15.9 Å². The zero-order chi connectivity index (χ0) is 22.0. The van der Waals surface area contributed by atoms with Crippen molar-refractivity contribution in [2.45, 2.75) is 0 Å². The van der Waals surface area contributed by atoms with E-state index in [0.717, 1.165) is 12.1 Å². The van der Waals surface area contributed by atoms with Crippen LogP contribution in [0.15, 0.2) is 60.9 Å². The number of pyridine rings is 1. The van der Waals surface area contributed by atoms with Crippen LogP contribution < -0.4 is 15.4 Å². The lowest BCUT2D eigenvalue weighted by Crippen LogP contribution is -2.21. The van der Waals surface area contributed by atoms with Crippen LogP contribution in [0, 0.1) is 11.6 Å². The molecule has 0 aliphatic carbocycles. The summed E-state index contributed by atoms with van der Waals surface area (Å²) in [6.45, 7) is 0. The van der Waals surface area contributed by atoms with Crippen LogP contribution in [-0.2, 0) is 0 Å². The van der Waals surface area contributed by atoms with Crippen LogP contribution in [-0.4, -0.2) is 28.9 Å². The van der Waals surface area contributed by atoms with E-state index in [-0.39, 0.29) is 11.3 Å². The molecular formula is C22H16F2N4O3. The van der Waals surface area contributed by atoms with Crippen LogP contribution >= 0.6 is 0 Å². The van der Waals surface area contributed by atoms with Crippen molar-refractivity contribution in [3.63, 3.8) is 0 Å². The molecule has 0 aliphatic heterocycles. The Balaban J connectivity index is 1.59. The molecular weight excluding hydrogens is 406 g/mol. The highest BCUT2D eigenvalue weighted by Gasteiger charge is 2.24. The van der Waals surface area contributed by atoms with Crippen LogP contribution in [0.5, 0.6) is 5.75 Å². The molecule has 2 heterocycles. The number of hydrogen-bond donors (Lipinski definition) is 3. The standard InChI is InChI=1S/C22H16F2N4O3/c1-31-13-6-4-12(5-7-13)27-22(30)28-17-9-8-16(23)18(19(17)24)20(29)15-11-26-21-14(15)3-2-10-25-21/h2-11H,1H3,(H,25,26)(H2,27,28,30). The third-order valence-corrected chi connectivity index (χ3v) is 4.61. The van der Waals surface area contributed by atoms with E-state index < -0.39 is 29.0 Å². The molecule has 3 N–H and O–H groups in total. The number of aromatic nitrogens is 2. The van der Waals surface area contributed by atoms with E-state index in [0.29, 0.717) is 22.5 Å². The van der Waals surface area contributed by atoms with E-state index >= 15 is 4.39 Å². The Morgan fingerprint density at radius 2 is 1.81 bits per heavy atom. The number of aromatic amines is 1. The smallest absolute Gasteiger partial charge is 0.323 e. The molecule has 0 atom stereocenters. The van der Waals surface area contributed by atoms with Crippen molar-refractivity contribution in [1.29, 1.82) is 0 Å². The van der Waals surface area contributed by atoms with Gasteiger partial charge in [0.1, 0.15) is 17.2 Å². The predicted octanol–water partition coefficient (Wildman–Crippen LogP) is 4.72. The number of rotatable bonds is 5. The minimum absolute atomic E-state index is 0.0701. The number of nitrogens with zero attached hydrogens (tertiary/aromatic N) is 1. The minimum atomic E-state index is -1.17. The number of carbonyl (C=O) groups is 2. The fraction of sp³-hybridized carbons (Fsp3) is 0.0455. The van der Waals surface area contributed by atoms with Crippen LogP contribution in [0.4, 0.5) is 25.0 Å². The van der Waals surface area contributed by atoms with Crippen LogP contribution in [0.25, 0.3) is 11.0 Å². The average Bonchev–Trinajstić information content (AvgIpc) is 3.20. The maximum Gasteiger partial charge on any atom is 0.323 e. The first-order valence-corrected chi connectivity index (χ1v) is 9.15. The summed E-state index contributed by atoms with van der Waals surface area (Å²) >= 11 is 0. The molecule has 0 aliphatic rings. The van der Waals surface area contributed by atoms with Crippen molar-refractivity contribution in [1.82, 2.24) is 9.97 Å². The number of benzene rings is 2. The lowest BCUT2D eigenvalue weighted by atomic mass is 10.0. The second-order valence-corrected chi connectivity index (χ2v) is 6.52. The van der Waals surface area contributed by atoms with Crippen molar-refractivity contribution >= 4 is 34.2 Å². The lowest BCUT2D eigenvalue weighted by molar-refractivity contribution is 0.103. The number of halogens is 2. The molecule has 0 saturated carbocycles. The Labute approximate surface area is 175 Å². The number of H-pyrrole nitrogens is 1. The Morgan fingerprint density at radius 3 is 2.55 bits per heavy atom. The number of fused-ring (bicyclic) bond motifs is 1. The highest BCUT2D eigenvalue weighted by atomic mass is 19.1. The number of ketones is 1. The lowest BCUT2D eigenvalue weighted by Gasteiger charge is -2.11. The van der Waals surface area contributed by atoms with Gasteiger partial charge < -0.3 is 20.4 Å². The van der Waals surface area contributed by atoms with Crippen molar-refractivity contribution in [3.8, 4) is 5.75 Å². The monoisotopic (exact) mass is 422 g/mol. The number of anilines is 2. The van der Waals surface area contributed by atoms with E-state index in [9.17, 15) is 14.0 Å². The summed E-state index contributed by atoms with van der Waals surface area (Å²) in [6.07, 6.45) is 2.87.